The third-order valence-corrected chi connectivity index (χ3v) is 3.66. The Hall–Kier alpha value is -2.89. The summed E-state index contributed by atoms with van der Waals surface area (Å²) in [5.74, 6) is -0.837. The number of para-hydroxylation sites is 1. The number of rotatable bonds is 6. The minimum atomic E-state index is -0.836. The number of nitrogens with two attached hydrogens (primary N) is 1. The lowest BCUT2D eigenvalue weighted by Gasteiger charge is -2.19. The summed E-state index contributed by atoms with van der Waals surface area (Å²) in [5, 5.41) is 5.22. The van der Waals surface area contributed by atoms with E-state index in [4.69, 9.17) is 5.73 Å². The van der Waals surface area contributed by atoms with Crippen molar-refractivity contribution < 1.29 is 14.0 Å². The maximum atomic E-state index is 14.0. The second kappa shape index (κ2) is 8.10. The molecule has 0 spiro atoms. The van der Waals surface area contributed by atoms with Gasteiger partial charge in [0.25, 0.3) is 0 Å². The number of carbonyl (C=O) groups excluding carboxylic acids is 2. The van der Waals surface area contributed by atoms with Crippen LogP contribution in [0.5, 0.6) is 0 Å². The third-order valence-electron chi connectivity index (χ3n) is 3.66. The molecule has 0 saturated carbocycles. The topological polar surface area (TPSA) is 84.2 Å². The molecule has 0 aliphatic carbocycles. The van der Waals surface area contributed by atoms with Crippen LogP contribution in [0.3, 0.4) is 0 Å². The number of anilines is 1. The van der Waals surface area contributed by atoms with Crippen molar-refractivity contribution >= 4 is 17.6 Å². The van der Waals surface area contributed by atoms with E-state index in [1.54, 1.807) is 12.1 Å². The van der Waals surface area contributed by atoms with Gasteiger partial charge in [0.15, 0.2) is 0 Å². The van der Waals surface area contributed by atoms with Crippen LogP contribution in [0.1, 0.15) is 30.5 Å². The number of urea groups is 1. The highest BCUT2D eigenvalue weighted by atomic mass is 19.1. The quantitative estimate of drug-likeness (QED) is 0.761. The Bertz CT molecular complexity index is 734. The molecule has 0 radical (unpaired) electrons. The smallest absolute Gasteiger partial charge is 0.312 e. The highest BCUT2D eigenvalue weighted by Crippen LogP contribution is 2.22. The minimum absolute atomic E-state index is 0.123. The van der Waals surface area contributed by atoms with Crippen molar-refractivity contribution in [1.82, 2.24) is 5.32 Å². The van der Waals surface area contributed by atoms with Gasteiger partial charge in [-0.15, -0.1) is 0 Å². The number of halogens is 1. The summed E-state index contributed by atoms with van der Waals surface area (Å²) in [7, 11) is 0. The van der Waals surface area contributed by atoms with Crippen molar-refractivity contribution in [2.75, 3.05) is 5.32 Å². The molecule has 24 heavy (non-hydrogen) atoms. The minimum Gasteiger partial charge on any atom is -0.352 e. The maximum absolute atomic E-state index is 14.0. The zero-order valence-corrected chi connectivity index (χ0v) is 13.4. The number of carbonyl (C=O) groups is 2. The van der Waals surface area contributed by atoms with E-state index < -0.39 is 17.9 Å². The normalized spacial score (nSPS) is 11.6. The molecule has 1 atom stereocenters. The number of amides is 3. The molecule has 0 heterocycles. The highest BCUT2D eigenvalue weighted by molar-refractivity contribution is 5.92. The Morgan fingerprint density at radius 2 is 1.79 bits per heavy atom. The van der Waals surface area contributed by atoms with Crippen LogP contribution in [-0.2, 0) is 11.2 Å². The third kappa shape index (κ3) is 4.55. The van der Waals surface area contributed by atoms with Gasteiger partial charge in [0.1, 0.15) is 5.82 Å². The molecule has 0 aliphatic rings. The Labute approximate surface area is 140 Å². The van der Waals surface area contributed by atoms with Crippen molar-refractivity contribution in [3.8, 4) is 0 Å². The molecule has 0 unspecified atom stereocenters. The summed E-state index contributed by atoms with van der Waals surface area (Å²) in [6.45, 7) is 1.99. The van der Waals surface area contributed by atoms with Gasteiger partial charge >= 0.3 is 6.03 Å². The van der Waals surface area contributed by atoms with E-state index in [-0.39, 0.29) is 17.9 Å². The van der Waals surface area contributed by atoms with E-state index in [9.17, 15) is 14.0 Å². The summed E-state index contributed by atoms with van der Waals surface area (Å²) in [4.78, 5) is 23.5. The lowest BCUT2D eigenvalue weighted by molar-refractivity contribution is -0.116. The molecule has 5 nitrogen and oxygen atoms in total. The molecule has 126 valence electrons. The molecule has 2 aromatic carbocycles. The first-order valence-corrected chi connectivity index (χ1v) is 7.69. The fourth-order valence-electron chi connectivity index (χ4n) is 2.51. The van der Waals surface area contributed by atoms with E-state index in [0.29, 0.717) is 5.69 Å². The van der Waals surface area contributed by atoms with Crippen LogP contribution in [-0.4, -0.2) is 11.9 Å². The van der Waals surface area contributed by atoms with Gasteiger partial charge in [0, 0.05) is 11.3 Å². The monoisotopic (exact) mass is 329 g/mol. The number of nitrogens with one attached hydrogen (secondary N) is 2. The van der Waals surface area contributed by atoms with Gasteiger partial charge < -0.3 is 16.4 Å². The van der Waals surface area contributed by atoms with E-state index in [1.807, 2.05) is 25.1 Å². The molecule has 0 aliphatic heterocycles. The molecule has 2 rings (SSSR count). The van der Waals surface area contributed by atoms with Crippen LogP contribution in [0.15, 0.2) is 48.5 Å². The maximum Gasteiger partial charge on any atom is 0.312 e. The Morgan fingerprint density at radius 1 is 1.12 bits per heavy atom. The molecule has 6 heteroatoms. The van der Waals surface area contributed by atoms with Gasteiger partial charge in [-0.3, -0.25) is 4.79 Å². The summed E-state index contributed by atoms with van der Waals surface area (Å²) < 4.78 is 14.0. The average Bonchev–Trinajstić information content (AvgIpc) is 2.54. The van der Waals surface area contributed by atoms with Crippen LogP contribution < -0.4 is 16.4 Å². The van der Waals surface area contributed by atoms with Gasteiger partial charge in [0.2, 0.25) is 5.91 Å². The fraction of sp³-hybridized carbons (Fsp3) is 0.222. The number of aryl methyl sites for hydroxylation is 1. The standard InChI is InChI=1S/C18H20FN3O2/c1-2-12-7-3-6-10-15(12)21-17(23)11-16(22-18(20)24)13-8-4-5-9-14(13)19/h3-10,16H,2,11H2,1H3,(H,21,23)(H3,20,22,24)/t16-/m1/s1. The second-order valence-electron chi connectivity index (χ2n) is 5.35. The highest BCUT2D eigenvalue weighted by Gasteiger charge is 2.20. The van der Waals surface area contributed by atoms with E-state index in [2.05, 4.69) is 10.6 Å². The number of primary amides is 1. The average molecular weight is 329 g/mol. The van der Waals surface area contributed by atoms with Crippen molar-refractivity contribution in [2.24, 2.45) is 5.73 Å². The molecular weight excluding hydrogens is 309 g/mol. The first-order chi connectivity index (χ1) is 11.5. The van der Waals surface area contributed by atoms with E-state index in [1.165, 1.54) is 18.2 Å². The molecule has 2 aromatic rings. The van der Waals surface area contributed by atoms with Crippen LogP contribution in [0.4, 0.5) is 14.9 Å². The van der Waals surface area contributed by atoms with Crippen molar-refractivity contribution in [1.29, 1.82) is 0 Å². The first kappa shape index (κ1) is 17.5. The predicted octanol–water partition coefficient (Wildman–Crippen LogP) is 3.13. The zero-order valence-electron chi connectivity index (χ0n) is 13.4. The lowest BCUT2D eigenvalue weighted by Crippen LogP contribution is -2.35. The fourth-order valence-corrected chi connectivity index (χ4v) is 2.51. The van der Waals surface area contributed by atoms with Gasteiger partial charge in [-0.1, -0.05) is 43.3 Å². The van der Waals surface area contributed by atoms with Crippen LogP contribution in [0.25, 0.3) is 0 Å². The first-order valence-electron chi connectivity index (χ1n) is 7.69. The summed E-state index contributed by atoms with van der Waals surface area (Å²) in [6, 6.07) is 11.8. The molecule has 0 fully saturated rings. The molecule has 3 amide bonds. The van der Waals surface area contributed by atoms with Crippen molar-refractivity contribution in [3.05, 3.63) is 65.5 Å². The zero-order chi connectivity index (χ0) is 17.5. The van der Waals surface area contributed by atoms with Gasteiger partial charge in [0.05, 0.1) is 12.5 Å². The van der Waals surface area contributed by atoms with Crippen molar-refractivity contribution in [3.63, 3.8) is 0 Å². The van der Waals surface area contributed by atoms with Gasteiger partial charge in [-0.2, -0.15) is 0 Å². The second-order valence-corrected chi connectivity index (χ2v) is 5.35. The number of hydrogen-bond donors (Lipinski definition) is 3. The van der Waals surface area contributed by atoms with Crippen LogP contribution in [0.2, 0.25) is 0 Å². The SMILES string of the molecule is CCc1ccccc1NC(=O)C[C@@H](NC(N)=O)c1ccccc1F. The van der Waals surface area contributed by atoms with Gasteiger partial charge in [-0.25, -0.2) is 9.18 Å². The Morgan fingerprint density at radius 3 is 2.46 bits per heavy atom. The number of benzene rings is 2. The molecular formula is C18H20FN3O2. The van der Waals surface area contributed by atoms with Gasteiger partial charge in [-0.05, 0) is 24.1 Å². The summed E-state index contributed by atoms with van der Waals surface area (Å²) in [5.41, 5.74) is 7.07. The summed E-state index contributed by atoms with van der Waals surface area (Å²) in [6.07, 6.45) is 0.647. The summed E-state index contributed by atoms with van der Waals surface area (Å²) >= 11 is 0. The Kier molecular flexibility index (Phi) is 5.89. The molecule has 0 bridgehead atoms. The number of hydrogen-bond acceptors (Lipinski definition) is 2. The molecule has 0 saturated heterocycles. The predicted molar refractivity (Wildman–Crippen MR) is 90.9 cm³/mol. The largest absolute Gasteiger partial charge is 0.352 e. The Balaban J connectivity index is 2.16. The van der Waals surface area contributed by atoms with E-state index in [0.717, 1.165) is 12.0 Å². The lowest BCUT2D eigenvalue weighted by atomic mass is 10.0. The van der Waals surface area contributed by atoms with E-state index >= 15 is 0 Å². The molecule has 4 N–H and O–H groups in total. The van der Waals surface area contributed by atoms with Crippen molar-refractivity contribution in [2.45, 2.75) is 25.8 Å². The molecule has 0 aromatic heterocycles. The van der Waals surface area contributed by atoms with Crippen LogP contribution >= 0.6 is 0 Å². The van der Waals surface area contributed by atoms with Crippen LogP contribution in [0, 0.1) is 5.82 Å².